The smallest absolute Gasteiger partial charge is 0.292 e. The van der Waals surface area contributed by atoms with Crippen LogP contribution in [0.2, 0.25) is 0 Å². The first-order valence-corrected chi connectivity index (χ1v) is 10.2. The van der Waals surface area contributed by atoms with Crippen molar-refractivity contribution in [3.05, 3.63) is 57.3 Å². The summed E-state index contributed by atoms with van der Waals surface area (Å²) in [6, 6.07) is 11.0. The van der Waals surface area contributed by atoms with Crippen LogP contribution in [0.15, 0.2) is 46.3 Å². The second-order valence-corrected chi connectivity index (χ2v) is 7.58. The number of nitrogens with zero attached hydrogens (tertiary/aromatic N) is 4. The molecule has 2 aromatic heterocycles. The lowest BCUT2D eigenvalue weighted by Crippen LogP contribution is -2.35. The van der Waals surface area contributed by atoms with Crippen LogP contribution in [-0.2, 0) is 11.3 Å². The summed E-state index contributed by atoms with van der Waals surface area (Å²) in [6.45, 7) is 5.41. The lowest BCUT2D eigenvalue weighted by Gasteiger charge is -2.27. The number of fused-ring (bicyclic) bond motifs is 1. The minimum Gasteiger partial charge on any atom is -0.378 e. The summed E-state index contributed by atoms with van der Waals surface area (Å²) in [7, 11) is 0. The van der Waals surface area contributed by atoms with E-state index in [-0.39, 0.29) is 11.3 Å². The first-order valence-electron chi connectivity index (χ1n) is 9.43. The highest BCUT2D eigenvalue weighted by molar-refractivity contribution is 7.17. The maximum atomic E-state index is 12.7. The van der Waals surface area contributed by atoms with Crippen molar-refractivity contribution in [1.82, 2.24) is 15.2 Å². The van der Waals surface area contributed by atoms with Crippen LogP contribution in [0.1, 0.15) is 22.3 Å². The van der Waals surface area contributed by atoms with E-state index in [0.29, 0.717) is 17.3 Å². The minimum absolute atomic E-state index is 0.180. The molecule has 1 aromatic carbocycles. The molecule has 8 nitrogen and oxygen atoms in total. The SMILES string of the molecule is CCn1nc(C(=O)N/N=C\c2ccc(N3CCOCC3)s2)c2ccccc2c1=O. The molecule has 0 unspecified atom stereocenters. The highest BCUT2D eigenvalue weighted by Crippen LogP contribution is 2.25. The van der Waals surface area contributed by atoms with Gasteiger partial charge in [0, 0.05) is 29.9 Å². The lowest BCUT2D eigenvalue weighted by atomic mass is 10.1. The number of benzene rings is 1. The maximum Gasteiger partial charge on any atom is 0.292 e. The van der Waals surface area contributed by atoms with Crippen molar-refractivity contribution < 1.29 is 9.53 Å². The maximum absolute atomic E-state index is 12.7. The number of aromatic nitrogens is 2. The zero-order chi connectivity index (χ0) is 20.2. The molecule has 0 spiro atoms. The van der Waals surface area contributed by atoms with Crippen LogP contribution in [0.3, 0.4) is 0 Å². The van der Waals surface area contributed by atoms with E-state index in [4.69, 9.17) is 4.74 Å². The highest BCUT2D eigenvalue weighted by atomic mass is 32.1. The molecule has 29 heavy (non-hydrogen) atoms. The molecule has 3 heterocycles. The standard InChI is InChI=1S/C20H21N5O3S/c1-2-25-20(27)16-6-4-3-5-15(16)18(23-25)19(26)22-21-13-14-7-8-17(29-14)24-9-11-28-12-10-24/h3-8,13H,2,9-12H2,1H3,(H,22,26)/b21-13-. The van der Waals surface area contributed by atoms with Crippen molar-refractivity contribution in [3.8, 4) is 0 Å². The number of hydrazone groups is 1. The van der Waals surface area contributed by atoms with Gasteiger partial charge < -0.3 is 9.64 Å². The third kappa shape index (κ3) is 4.06. The van der Waals surface area contributed by atoms with Gasteiger partial charge >= 0.3 is 0 Å². The molecule has 1 fully saturated rings. The molecule has 1 aliphatic heterocycles. The lowest BCUT2D eigenvalue weighted by molar-refractivity contribution is 0.0949. The number of morpholine rings is 1. The van der Waals surface area contributed by atoms with Crippen molar-refractivity contribution in [2.75, 3.05) is 31.2 Å². The van der Waals surface area contributed by atoms with Crippen LogP contribution in [0.5, 0.6) is 0 Å². The Bertz CT molecular complexity index is 1110. The number of thiophene rings is 1. The summed E-state index contributed by atoms with van der Waals surface area (Å²) in [4.78, 5) is 28.3. The van der Waals surface area contributed by atoms with Crippen LogP contribution in [0, 0.1) is 0 Å². The van der Waals surface area contributed by atoms with Crippen molar-refractivity contribution in [2.45, 2.75) is 13.5 Å². The molecule has 0 bridgehead atoms. The van der Waals surface area contributed by atoms with Crippen LogP contribution in [-0.4, -0.2) is 48.2 Å². The number of amides is 1. The van der Waals surface area contributed by atoms with Crippen LogP contribution >= 0.6 is 11.3 Å². The number of anilines is 1. The molecule has 0 atom stereocenters. The molecule has 1 saturated heterocycles. The van der Waals surface area contributed by atoms with Crippen molar-refractivity contribution in [3.63, 3.8) is 0 Å². The van der Waals surface area contributed by atoms with E-state index in [1.54, 1.807) is 41.8 Å². The molecule has 1 aliphatic rings. The average Bonchev–Trinajstić information content (AvgIpc) is 3.24. The number of aryl methyl sites for hydroxylation is 1. The summed E-state index contributed by atoms with van der Waals surface area (Å²) in [5.41, 5.74) is 2.49. The topological polar surface area (TPSA) is 88.8 Å². The van der Waals surface area contributed by atoms with Gasteiger partial charge in [0.1, 0.15) is 0 Å². The van der Waals surface area contributed by atoms with Gasteiger partial charge in [-0.25, -0.2) is 10.1 Å². The Morgan fingerprint density at radius 2 is 2.00 bits per heavy atom. The van der Waals surface area contributed by atoms with E-state index in [2.05, 4.69) is 20.5 Å². The number of hydrogen-bond donors (Lipinski definition) is 1. The molecular formula is C20H21N5O3S. The molecule has 4 rings (SSSR count). The summed E-state index contributed by atoms with van der Waals surface area (Å²) in [5, 5.41) is 10.4. The Morgan fingerprint density at radius 3 is 2.76 bits per heavy atom. The quantitative estimate of drug-likeness (QED) is 0.513. The minimum atomic E-state index is -0.454. The Kier molecular flexibility index (Phi) is 5.68. The van der Waals surface area contributed by atoms with Gasteiger partial charge in [0.25, 0.3) is 11.5 Å². The van der Waals surface area contributed by atoms with E-state index in [1.165, 1.54) is 4.68 Å². The van der Waals surface area contributed by atoms with Gasteiger partial charge in [-0.15, -0.1) is 11.3 Å². The summed E-state index contributed by atoms with van der Waals surface area (Å²) >= 11 is 1.61. The number of ether oxygens (including phenoxy) is 1. The largest absolute Gasteiger partial charge is 0.378 e. The van der Waals surface area contributed by atoms with Gasteiger partial charge in [0.15, 0.2) is 5.69 Å². The Morgan fingerprint density at radius 1 is 1.24 bits per heavy atom. The van der Waals surface area contributed by atoms with Crippen molar-refractivity contribution in [1.29, 1.82) is 0 Å². The molecule has 1 amide bonds. The third-order valence-electron chi connectivity index (χ3n) is 4.68. The normalized spacial score (nSPS) is 14.6. The molecule has 150 valence electrons. The summed E-state index contributed by atoms with van der Waals surface area (Å²) in [5.74, 6) is -0.454. The van der Waals surface area contributed by atoms with Gasteiger partial charge in [-0.1, -0.05) is 18.2 Å². The second kappa shape index (κ2) is 8.54. The van der Waals surface area contributed by atoms with Crippen molar-refractivity contribution in [2.24, 2.45) is 5.10 Å². The fraction of sp³-hybridized carbons (Fsp3) is 0.300. The summed E-state index contributed by atoms with van der Waals surface area (Å²) < 4.78 is 6.66. The van der Waals surface area contributed by atoms with E-state index in [9.17, 15) is 9.59 Å². The molecule has 0 aliphatic carbocycles. The number of hydrogen-bond acceptors (Lipinski definition) is 7. The van der Waals surface area contributed by atoms with E-state index in [1.807, 2.05) is 19.1 Å². The van der Waals surface area contributed by atoms with E-state index >= 15 is 0 Å². The first kappa shape index (κ1) is 19.3. The van der Waals surface area contributed by atoms with Gasteiger partial charge in [-0.2, -0.15) is 10.2 Å². The molecule has 1 N–H and O–H groups in total. The highest BCUT2D eigenvalue weighted by Gasteiger charge is 2.16. The zero-order valence-electron chi connectivity index (χ0n) is 16.0. The van der Waals surface area contributed by atoms with E-state index < -0.39 is 5.91 Å². The van der Waals surface area contributed by atoms with Crippen LogP contribution in [0.25, 0.3) is 10.8 Å². The van der Waals surface area contributed by atoms with Gasteiger partial charge in [0.05, 0.1) is 29.8 Å². The monoisotopic (exact) mass is 411 g/mol. The predicted octanol–water partition coefficient (Wildman–Crippen LogP) is 2.08. The van der Waals surface area contributed by atoms with Gasteiger partial charge in [0.2, 0.25) is 0 Å². The Labute approximate surface area is 171 Å². The molecule has 3 aromatic rings. The number of nitrogens with one attached hydrogen (secondary N) is 1. The molecular weight excluding hydrogens is 390 g/mol. The zero-order valence-corrected chi connectivity index (χ0v) is 16.8. The number of carbonyl (C=O) groups is 1. The fourth-order valence-electron chi connectivity index (χ4n) is 3.19. The number of rotatable bonds is 5. The molecule has 9 heteroatoms. The predicted molar refractivity (Wildman–Crippen MR) is 114 cm³/mol. The molecule has 0 saturated carbocycles. The van der Waals surface area contributed by atoms with Gasteiger partial charge in [-0.3, -0.25) is 9.59 Å². The molecule has 0 radical (unpaired) electrons. The average molecular weight is 411 g/mol. The van der Waals surface area contributed by atoms with Crippen molar-refractivity contribution >= 4 is 39.2 Å². The van der Waals surface area contributed by atoms with Crippen LogP contribution < -0.4 is 15.9 Å². The van der Waals surface area contributed by atoms with Gasteiger partial charge in [-0.05, 0) is 25.1 Å². The summed E-state index contributed by atoms with van der Waals surface area (Å²) in [6.07, 6.45) is 1.62. The number of carbonyl (C=O) groups excluding carboxylic acids is 1. The fourth-order valence-corrected chi connectivity index (χ4v) is 4.12. The first-order chi connectivity index (χ1) is 14.2. The Balaban J connectivity index is 1.51. The van der Waals surface area contributed by atoms with E-state index in [0.717, 1.165) is 36.2 Å². The third-order valence-corrected chi connectivity index (χ3v) is 5.76. The van der Waals surface area contributed by atoms with Crippen LogP contribution in [0.4, 0.5) is 5.00 Å². The second-order valence-electron chi connectivity index (χ2n) is 6.49. The Hall–Kier alpha value is -3.04.